The number of hydrogen-bond donors (Lipinski definition) is 5. The molecule has 388 valence electrons. The molecule has 4 heterocycles. The minimum atomic E-state index is -1.65. The number of rotatable bonds is 21. The number of carbonyl (C=O) groups excluding carboxylic acids is 4. The Hall–Kier alpha value is -5.70. The molecule has 3 aromatic carbocycles. The van der Waals surface area contributed by atoms with Crippen LogP contribution in [0.5, 0.6) is 0 Å². The number of alkyl halides is 1. The molecule has 1 saturated heterocycles. The molecular formula is C53H66F3N7O8S. The third-order valence-corrected chi connectivity index (χ3v) is 13.9. The van der Waals surface area contributed by atoms with Gasteiger partial charge in [-0.05, 0) is 74.4 Å². The van der Waals surface area contributed by atoms with Crippen LogP contribution in [0.25, 0.3) is 21.3 Å². The van der Waals surface area contributed by atoms with E-state index in [1.54, 1.807) is 42.5 Å². The fraction of sp³-hybridized carbons (Fsp3) is 0.491. The van der Waals surface area contributed by atoms with Crippen molar-refractivity contribution >= 4 is 45.9 Å². The summed E-state index contributed by atoms with van der Waals surface area (Å²) in [4.78, 5) is 65.2. The second kappa shape index (κ2) is 23.4. The molecule has 2 aromatic heterocycles. The molecule has 15 nitrogen and oxygen atoms in total. The molecule has 0 saturated carbocycles. The summed E-state index contributed by atoms with van der Waals surface area (Å²) in [6, 6.07) is 14.3. The van der Waals surface area contributed by atoms with Gasteiger partial charge in [-0.3, -0.25) is 24.1 Å². The quantitative estimate of drug-likeness (QED) is 0.0505. The van der Waals surface area contributed by atoms with E-state index < -0.39 is 70.6 Å². The van der Waals surface area contributed by atoms with Crippen LogP contribution in [0.1, 0.15) is 92.4 Å². The molecular weight excluding hydrogens is 952 g/mol. The highest BCUT2D eigenvalue weighted by Gasteiger charge is 2.45. The lowest BCUT2D eigenvalue weighted by Gasteiger charge is -2.43. The van der Waals surface area contributed by atoms with Gasteiger partial charge in [0.25, 0.3) is 5.91 Å². The summed E-state index contributed by atoms with van der Waals surface area (Å²) >= 11 is 1.56. The summed E-state index contributed by atoms with van der Waals surface area (Å²) in [5.74, 6) is -3.96. The monoisotopic (exact) mass is 1020 g/mol. The number of aliphatic hydroxyl groups excluding tert-OH is 1. The first-order valence-corrected chi connectivity index (χ1v) is 25.2. The summed E-state index contributed by atoms with van der Waals surface area (Å²) in [7, 11) is 0. The van der Waals surface area contributed by atoms with Crippen LogP contribution in [-0.2, 0) is 41.6 Å². The van der Waals surface area contributed by atoms with E-state index in [9.17, 15) is 24.3 Å². The van der Waals surface area contributed by atoms with Crippen LogP contribution in [0.4, 0.5) is 13.2 Å². The van der Waals surface area contributed by atoms with Gasteiger partial charge >= 0.3 is 0 Å². The van der Waals surface area contributed by atoms with Crippen molar-refractivity contribution in [2.24, 2.45) is 5.41 Å². The molecule has 1 unspecified atom stereocenters. The predicted molar refractivity (Wildman–Crippen MR) is 268 cm³/mol. The number of ether oxygens (including phenoxy) is 3. The van der Waals surface area contributed by atoms with Crippen molar-refractivity contribution in [1.82, 2.24) is 35.7 Å². The number of hydrogen-bond acceptors (Lipinski definition) is 11. The number of aryl methyl sites for hydroxylation is 1. The Labute approximate surface area is 422 Å². The first-order chi connectivity index (χ1) is 34.2. The van der Waals surface area contributed by atoms with Gasteiger partial charge in [-0.25, -0.2) is 18.2 Å². The third-order valence-electron chi connectivity index (χ3n) is 12.9. The molecule has 0 radical (unpaired) electrons. The number of thiazole rings is 1. The van der Waals surface area contributed by atoms with Crippen molar-refractivity contribution in [2.75, 3.05) is 59.3 Å². The van der Waals surface area contributed by atoms with Gasteiger partial charge in [0, 0.05) is 66.4 Å². The van der Waals surface area contributed by atoms with E-state index in [-0.39, 0.29) is 89.4 Å². The first kappa shape index (κ1) is 54.1. The molecule has 1 fully saturated rings. The Balaban J connectivity index is 0.804. The van der Waals surface area contributed by atoms with E-state index in [2.05, 4.69) is 25.9 Å². The van der Waals surface area contributed by atoms with E-state index in [1.807, 2.05) is 62.4 Å². The lowest BCUT2D eigenvalue weighted by atomic mass is 9.85. The number of aromatic amines is 1. The average molecular weight is 1020 g/mol. The molecule has 5 atom stereocenters. The van der Waals surface area contributed by atoms with Gasteiger partial charge in [0.15, 0.2) is 0 Å². The number of β-amino-alcohol motifs (C(OH)–C–C–N with tert-alkyl or cyclic N) is 1. The van der Waals surface area contributed by atoms with Crippen LogP contribution in [0.3, 0.4) is 0 Å². The number of carbonyl (C=O) groups is 4. The minimum Gasteiger partial charge on any atom is -0.391 e. The number of H-pyrrole nitrogens is 1. The van der Waals surface area contributed by atoms with Crippen molar-refractivity contribution in [3.8, 4) is 10.4 Å². The Morgan fingerprint density at radius 3 is 2.25 bits per heavy atom. The Bertz CT molecular complexity index is 2680. The SMILES string of the molecule is Cc1ncsc1-c1ccc(CNC(=O)[C@@H]2C[C@@H](O)CN2C(=O)C(NC(=O)COCCOCCOCCNC(=O)c2cc(F)c([C@@H]3c4[nH]c5ccccc5c4C[C@@H](C)N3CC(C)(C)F)c(F)c2)C(C)(C)C)cc1. The molecule has 72 heavy (non-hydrogen) atoms. The van der Waals surface area contributed by atoms with Gasteiger partial charge < -0.3 is 45.2 Å². The number of nitrogens with zero attached hydrogens (tertiary/aromatic N) is 3. The summed E-state index contributed by atoms with van der Waals surface area (Å²) in [6.45, 7) is 12.5. The van der Waals surface area contributed by atoms with Crippen molar-refractivity contribution in [3.05, 3.63) is 111 Å². The van der Waals surface area contributed by atoms with Crippen LogP contribution in [0.15, 0.2) is 66.2 Å². The van der Waals surface area contributed by atoms with E-state index in [1.165, 1.54) is 18.7 Å². The number of amides is 4. The second-order valence-electron chi connectivity index (χ2n) is 20.2. The molecule has 5 aromatic rings. The maximum atomic E-state index is 16.1. The number of aliphatic hydroxyl groups is 1. The number of benzene rings is 3. The fourth-order valence-corrected chi connectivity index (χ4v) is 10.2. The molecule has 5 N–H and O–H groups in total. The maximum absolute atomic E-state index is 16.1. The molecule has 0 bridgehead atoms. The zero-order valence-electron chi connectivity index (χ0n) is 41.9. The summed E-state index contributed by atoms with van der Waals surface area (Å²) in [5, 5.41) is 19.8. The predicted octanol–water partition coefficient (Wildman–Crippen LogP) is 6.55. The zero-order valence-corrected chi connectivity index (χ0v) is 42.7. The van der Waals surface area contributed by atoms with Crippen molar-refractivity contribution in [3.63, 3.8) is 0 Å². The lowest BCUT2D eigenvalue weighted by Crippen LogP contribution is -2.58. The molecule has 0 aliphatic carbocycles. The van der Waals surface area contributed by atoms with Gasteiger partial charge in [0.05, 0.1) is 61.3 Å². The van der Waals surface area contributed by atoms with Crippen LogP contribution in [0.2, 0.25) is 0 Å². The van der Waals surface area contributed by atoms with E-state index in [4.69, 9.17) is 14.2 Å². The molecule has 4 amide bonds. The number of nitrogens with one attached hydrogen (secondary N) is 4. The second-order valence-corrected chi connectivity index (χ2v) is 21.1. The maximum Gasteiger partial charge on any atom is 0.251 e. The highest BCUT2D eigenvalue weighted by atomic mass is 32.1. The van der Waals surface area contributed by atoms with Crippen molar-refractivity contribution < 1.29 is 51.7 Å². The Morgan fingerprint density at radius 2 is 1.60 bits per heavy atom. The summed E-state index contributed by atoms with van der Waals surface area (Å²) in [6.07, 6.45) is -0.277. The van der Waals surface area contributed by atoms with Crippen molar-refractivity contribution in [2.45, 2.75) is 104 Å². The minimum absolute atomic E-state index is 0.0499. The van der Waals surface area contributed by atoms with E-state index in [0.29, 0.717) is 12.1 Å². The van der Waals surface area contributed by atoms with Gasteiger partial charge in [0.1, 0.15) is 36.0 Å². The van der Waals surface area contributed by atoms with Gasteiger partial charge in [-0.15, -0.1) is 11.3 Å². The molecule has 2 aliphatic heterocycles. The number of para-hydroxylation sites is 1. The summed E-state index contributed by atoms with van der Waals surface area (Å²) in [5.41, 5.74) is 4.12. The van der Waals surface area contributed by atoms with Crippen LogP contribution in [-0.4, -0.2) is 138 Å². The number of likely N-dealkylation sites (tertiary alicyclic amines) is 1. The molecule has 0 spiro atoms. The van der Waals surface area contributed by atoms with E-state index >= 15 is 13.2 Å². The van der Waals surface area contributed by atoms with Crippen LogP contribution >= 0.6 is 11.3 Å². The highest BCUT2D eigenvalue weighted by Crippen LogP contribution is 2.43. The van der Waals surface area contributed by atoms with Crippen molar-refractivity contribution in [1.29, 1.82) is 0 Å². The van der Waals surface area contributed by atoms with Gasteiger partial charge in [0.2, 0.25) is 17.7 Å². The Kier molecular flexibility index (Phi) is 17.6. The topological polar surface area (TPSA) is 187 Å². The van der Waals surface area contributed by atoms with E-state index in [0.717, 1.165) is 50.3 Å². The first-order valence-electron chi connectivity index (χ1n) is 24.3. The number of halogens is 3. The van der Waals surface area contributed by atoms with Crippen LogP contribution in [0, 0.1) is 24.0 Å². The average Bonchev–Trinajstić information content (AvgIpc) is 4.05. The fourth-order valence-electron chi connectivity index (χ4n) is 9.40. The lowest BCUT2D eigenvalue weighted by molar-refractivity contribution is -0.144. The Morgan fingerprint density at radius 1 is 0.931 bits per heavy atom. The van der Waals surface area contributed by atoms with Gasteiger partial charge in [-0.2, -0.15) is 0 Å². The summed E-state index contributed by atoms with van der Waals surface area (Å²) < 4.78 is 63.9. The largest absolute Gasteiger partial charge is 0.391 e. The normalized spacial score (nSPS) is 18.8. The van der Waals surface area contributed by atoms with Gasteiger partial charge in [-0.1, -0.05) is 63.2 Å². The third kappa shape index (κ3) is 13.3. The van der Waals surface area contributed by atoms with Crippen LogP contribution < -0.4 is 16.0 Å². The molecule has 7 rings (SSSR count). The molecule has 19 heteroatoms. The highest BCUT2D eigenvalue weighted by molar-refractivity contribution is 7.13. The molecule has 2 aliphatic rings. The zero-order chi connectivity index (χ0) is 51.9. The number of fused-ring (bicyclic) bond motifs is 3. The standard InChI is InChI=1S/C53H66F3N7O8S/c1-31-22-38-37-10-8-9-11-41(37)60-45(38)46(63(31)29-53(6,7)56)44-39(54)23-35(24-40(44)55)49(66)57-16-17-69-18-19-70-20-21-71-28-43(65)61-48(52(3,4)5)51(68)62-27-36(64)25-42(62)50(67)58-26-33-12-14-34(15-13-33)47-32(2)59-30-72-47/h8-15,23-24,30-31,36,42,46,48,60,64H,16-22,25-29H2,1-7H3,(H,57,66)(H,58,67)(H,61,65)/t31-,36-,42+,46-,48?/m1/s1. The number of aromatic nitrogens is 2. The smallest absolute Gasteiger partial charge is 0.251 e.